The van der Waals surface area contributed by atoms with Crippen LogP contribution in [0.3, 0.4) is 0 Å². The first-order valence-corrected chi connectivity index (χ1v) is 16.0. The summed E-state index contributed by atoms with van der Waals surface area (Å²) >= 11 is 1.44. The Kier molecular flexibility index (Phi) is 7.17. The molecule has 7 rings (SSSR count). The summed E-state index contributed by atoms with van der Waals surface area (Å²) in [5.74, 6) is -0.118. The highest BCUT2D eigenvalue weighted by Crippen LogP contribution is 2.55. The molecule has 0 saturated carbocycles. The summed E-state index contributed by atoms with van der Waals surface area (Å²) in [5.41, 5.74) is 8.71. The van der Waals surface area contributed by atoms with Gasteiger partial charge in [-0.1, -0.05) is 136 Å². The van der Waals surface area contributed by atoms with Crippen molar-refractivity contribution in [1.82, 2.24) is 0 Å². The van der Waals surface area contributed by atoms with Crippen molar-refractivity contribution in [2.75, 3.05) is 10.0 Å². The number of thioether (sulfide) groups is 1. The first kappa shape index (κ1) is 28.8. The van der Waals surface area contributed by atoms with Crippen molar-refractivity contribution in [3.63, 3.8) is 0 Å². The Morgan fingerprint density at radius 3 is 1.91 bits per heavy atom. The van der Waals surface area contributed by atoms with Gasteiger partial charge in [0.25, 0.3) is 0 Å². The molecule has 1 atom stereocenters. The van der Waals surface area contributed by atoms with E-state index in [0.717, 1.165) is 39.3 Å². The molecule has 5 aromatic carbocycles. The van der Waals surface area contributed by atoms with E-state index in [2.05, 4.69) is 113 Å². The predicted molar refractivity (Wildman–Crippen MR) is 187 cm³/mol. The maximum absolute atomic E-state index is 14.0. The molecule has 1 spiro atoms. The van der Waals surface area contributed by atoms with Gasteiger partial charge < -0.3 is 0 Å². The van der Waals surface area contributed by atoms with Gasteiger partial charge in [-0.3, -0.25) is 4.79 Å². The van der Waals surface area contributed by atoms with E-state index in [1.165, 1.54) is 17.3 Å². The minimum absolute atomic E-state index is 0.0407. The normalized spacial score (nSPS) is 17.6. The molecule has 5 nitrogen and oxygen atoms in total. The summed E-state index contributed by atoms with van der Waals surface area (Å²) in [6.45, 7) is 8.74. The molecule has 6 heteroatoms. The van der Waals surface area contributed by atoms with E-state index >= 15 is 0 Å². The number of benzene rings is 5. The molecule has 2 aliphatic heterocycles. The van der Waals surface area contributed by atoms with Crippen LogP contribution in [0.4, 0.5) is 11.4 Å². The van der Waals surface area contributed by atoms with Gasteiger partial charge in [-0.15, -0.1) is 0 Å². The Morgan fingerprint density at radius 2 is 1.24 bits per heavy atom. The van der Waals surface area contributed by atoms with Crippen molar-refractivity contribution >= 4 is 39.7 Å². The molecule has 0 aliphatic carbocycles. The lowest BCUT2D eigenvalue weighted by molar-refractivity contribution is 0.106. The maximum Gasteiger partial charge on any atom is 0.234 e. The van der Waals surface area contributed by atoms with Gasteiger partial charge in [-0.25, -0.2) is 10.0 Å². The van der Waals surface area contributed by atoms with Crippen LogP contribution < -0.4 is 10.0 Å². The van der Waals surface area contributed by atoms with Crippen LogP contribution in [0.5, 0.6) is 0 Å². The third-order valence-corrected chi connectivity index (χ3v) is 9.58. The van der Waals surface area contributed by atoms with Gasteiger partial charge in [0, 0.05) is 22.3 Å². The molecule has 0 amide bonds. The Balaban J connectivity index is 1.47. The minimum Gasteiger partial charge on any atom is -0.286 e. The summed E-state index contributed by atoms with van der Waals surface area (Å²) in [6.07, 6.45) is 0. The fraction of sp³-hybridized carbons (Fsp3) is 0.154. The van der Waals surface area contributed by atoms with Gasteiger partial charge in [0.05, 0.1) is 17.1 Å². The molecule has 5 aromatic rings. The maximum atomic E-state index is 14.0. The van der Waals surface area contributed by atoms with Crippen molar-refractivity contribution in [3.05, 3.63) is 167 Å². The molecule has 0 radical (unpaired) electrons. The Morgan fingerprint density at radius 1 is 0.667 bits per heavy atom. The van der Waals surface area contributed by atoms with Crippen LogP contribution in [0.2, 0.25) is 0 Å². The molecular formula is C39H34N4OS. The van der Waals surface area contributed by atoms with Crippen LogP contribution in [0.15, 0.2) is 144 Å². The zero-order valence-corrected chi connectivity index (χ0v) is 26.6. The van der Waals surface area contributed by atoms with Crippen molar-refractivity contribution < 1.29 is 4.79 Å². The largest absolute Gasteiger partial charge is 0.286 e. The van der Waals surface area contributed by atoms with E-state index in [9.17, 15) is 4.79 Å². The highest BCUT2D eigenvalue weighted by Gasteiger charge is 2.56. The lowest BCUT2D eigenvalue weighted by Crippen LogP contribution is -2.54. The first-order chi connectivity index (χ1) is 21.8. The monoisotopic (exact) mass is 606 g/mol. The summed E-state index contributed by atoms with van der Waals surface area (Å²) in [7, 11) is 0. The molecule has 0 saturated heterocycles. The number of carbonyl (C=O) groups is 1. The lowest BCUT2D eigenvalue weighted by atomic mass is 9.85. The summed E-state index contributed by atoms with van der Waals surface area (Å²) < 4.78 is 0. The number of fused-ring (bicyclic) bond motifs is 2. The minimum atomic E-state index is -1.01. The molecule has 2 aliphatic rings. The van der Waals surface area contributed by atoms with E-state index in [-0.39, 0.29) is 11.2 Å². The second kappa shape index (κ2) is 11.2. The van der Waals surface area contributed by atoms with E-state index in [1.54, 1.807) is 0 Å². The van der Waals surface area contributed by atoms with Gasteiger partial charge >= 0.3 is 0 Å². The number of para-hydroxylation sites is 1. The second-order valence-corrected chi connectivity index (χ2v) is 13.6. The number of hydrogen-bond acceptors (Lipinski definition) is 6. The molecule has 1 unspecified atom stereocenters. The van der Waals surface area contributed by atoms with Crippen molar-refractivity contribution in [1.29, 1.82) is 0 Å². The fourth-order valence-electron chi connectivity index (χ4n) is 5.84. The summed E-state index contributed by atoms with van der Waals surface area (Å²) in [5, 5.41) is 15.0. The highest BCUT2D eigenvalue weighted by atomic mass is 32.2. The smallest absolute Gasteiger partial charge is 0.234 e. The van der Waals surface area contributed by atoms with Crippen LogP contribution in [0.25, 0.3) is 0 Å². The number of ketones is 1. The lowest BCUT2D eigenvalue weighted by Gasteiger charge is -2.47. The zero-order valence-electron chi connectivity index (χ0n) is 25.8. The molecular weight excluding hydrogens is 573 g/mol. The van der Waals surface area contributed by atoms with Gasteiger partial charge in [0.15, 0.2) is 5.04 Å². The standard InChI is InChI=1S/C39H34N4OS/c1-27-19-25-32(26-20-27)43-39(45-37(41-43)36(44)29-13-7-5-8-14-29)34-18-12-11-17-33(34)35(40-42(39)31-15-9-6-10-16-31)28-21-23-30(24-22-28)38(2,3)4/h5-26H,1-4H3. The van der Waals surface area contributed by atoms with Crippen molar-refractivity contribution in [2.45, 2.75) is 38.1 Å². The third-order valence-electron chi connectivity index (χ3n) is 8.27. The highest BCUT2D eigenvalue weighted by molar-refractivity contribution is 8.17. The van der Waals surface area contributed by atoms with E-state index in [0.29, 0.717) is 10.6 Å². The SMILES string of the molecule is Cc1ccc(N2N=C(C(=O)c3ccccc3)SC23c2ccccc2C(c2ccc(C(C)(C)C)cc2)=NN3c2ccccc2)cc1. The van der Waals surface area contributed by atoms with Crippen LogP contribution in [0.1, 0.15) is 58.9 Å². The first-order valence-electron chi connectivity index (χ1n) is 15.1. The molecule has 0 fully saturated rings. The number of nitrogens with zero attached hydrogens (tertiary/aromatic N) is 4. The quantitative estimate of drug-likeness (QED) is 0.187. The fourth-order valence-corrected chi connectivity index (χ4v) is 7.19. The van der Waals surface area contributed by atoms with Gasteiger partial charge in [0.2, 0.25) is 10.8 Å². The molecule has 2 heterocycles. The Hall–Kier alpha value is -4.94. The number of carbonyl (C=O) groups excluding carboxylic acids is 1. The number of rotatable bonds is 5. The van der Waals surface area contributed by atoms with E-state index in [4.69, 9.17) is 10.2 Å². The number of hydrazone groups is 2. The van der Waals surface area contributed by atoms with Crippen LogP contribution in [-0.4, -0.2) is 16.5 Å². The zero-order chi connectivity index (χ0) is 31.2. The number of hydrogen-bond donors (Lipinski definition) is 0. The van der Waals surface area contributed by atoms with Crippen LogP contribution in [-0.2, 0) is 10.4 Å². The predicted octanol–water partition coefficient (Wildman–Crippen LogP) is 9.13. The summed E-state index contributed by atoms with van der Waals surface area (Å²) in [6, 6.07) is 44.9. The Bertz CT molecular complexity index is 1930. The number of aryl methyl sites for hydroxylation is 1. The second-order valence-electron chi connectivity index (χ2n) is 12.4. The average Bonchev–Trinajstić information content (AvgIpc) is 3.46. The van der Waals surface area contributed by atoms with Crippen molar-refractivity contribution in [3.8, 4) is 0 Å². The van der Waals surface area contributed by atoms with Crippen LogP contribution >= 0.6 is 11.8 Å². The number of anilines is 2. The summed E-state index contributed by atoms with van der Waals surface area (Å²) in [4.78, 5) is 13.0. The molecule has 222 valence electrons. The topological polar surface area (TPSA) is 48.3 Å². The van der Waals surface area contributed by atoms with Gasteiger partial charge in [0.1, 0.15) is 0 Å². The molecule has 0 N–H and O–H groups in total. The molecule has 45 heavy (non-hydrogen) atoms. The van der Waals surface area contributed by atoms with E-state index in [1.807, 2.05) is 58.5 Å². The van der Waals surface area contributed by atoms with Gasteiger partial charge in [-0.05, 0) is 53.9 Å². The Labute approximate surface area is 268 Å². The van der Waals surface area contributed by atoms with Crippen LogP contribution in [0, 0.1) is 6.92 Å². The number of Topliss-reactive ketones (excluding diaryl/α,β-unsaturated/α-hetero) is 1. The van der Waals surface area contributed by atoms with Crippen molar-refractivity contribution in [2.24, 2.45) is 10.2 Å². The molecule has 0 aromatic heterocycles. The molecule has 0 bridgehead atoms. The van der Waals surface area contributed by atoms with E-state index < -0.39 is 4.99 Å². The average molecular weight is 607 g/mol. The van der Waals surface area contributed by atoms with Gasteiger partial charge in [-0.2, -0.15) is 10.2 Å². The third kappa shape index (κ3) is 5.05.